The van der Waals surface area contributed by atoms with Crippen molar-refractivity contribution in [3.8, 4) is 0 Å². The van der Waals surface area contributed by atoms with Gasteiger partial charge in [0.2, 0.25) is 0 Å². The first kappa shape index (κ1) is 7.50. The maximum atomic E-state index is 10.4. The summed E-state index contributed by atoms with van der Waals surface area (Å²) in [6, 6.07) is -0.367. The van der Waals surface area contributed by atoms with E-state index in [-0.39, 0.29) is 6.04 Å². The summed E-state index contributed by atoms with van der Waals surface area (Å²) in [7, 11) is 0. The van der Waals surface area contributed by atoms with Crippen molar-refractivity contribution in [2.24, 2.45) is 11.7 Å². The Bertz CT molecular complexity index is 138. The molecule has 4 heteroatoms. The predicted molar refractivity (Wildman–Crippen MR) is 36.6 cm³/mol. The standard InChI is InChI=1S/C6H12N2O2/c7-2-4-1-5(6(9)10)8-3-4/h4-5,8H,1-3,7H2,(H,9,10)/t4-,5-/m1/s1. The second kappa shape index (κ2) is 2.98. The van der Waals surface area contributed by atoms with Gasteiger partial charge in [-0.25, -0.2) is 0 Å². The normalized spacial score (nSPS) is 32.5. The summed E-state index contributed by atoms with van der Waals surface area (Å²) in [5.74, 6) is -0.419. The van der Waals surface area contributed by atoms with E-state index in [4.69, 9.17) is 10.8 Å². The third-order valence-electron chi connectivity index (χ3n) is 1.85. The average molecular weight is 144 g/mol. The number of carboxylic acid groups (broad SMARTS) is 1. The number of carboxylic acids is 1. The molecule has 10 heavy (non-hydrogen) atoms. The number of hydrogen-bond acceptors (Lipinski definition) is 3. The van der Waals surface area contributed by atoms with E-state index in [0.29, 0.717) is 18.9 Å². The van der Waals surface area contributed by atoms with Crippen LogP contribution in [0.3, 0.4) is 0 Å². The van der Waals surface area contributed by atoms with Crippen LogP contribution in [0.2, 0.25) is 0 Å². The topological polar surface area (TPSA) is 75.3 Å². The highest BCUT2D eigenvalue weighted by molar-refractivity contribution is 5.73. The van der Waals surface area contributed by atoms with Crippen LogP contribution < -0.4 is 11.1 Å². The van der Waals surface area contributed by atoms with Gasteiger partial charge in [0.25, 0.3) is 0 Å². The van der Waals surface area contributed by atoms with Crippen LogP contribution in [-0.2, 0) is 4.79 Å². The number of carbonyl (C=O) groups is 1. The van der Waals surface area contributed by atoms with Gasteiger partial charge in [0, 0.05) is 6.54 Å². The van der Waals surface area contributed by atoms with Crippen molar-refractivity contribution >= 4 is 5.97 Å². The molecule has 58 valence electrons. The molecule has 4 N–H and O–H groups in total. The van der Waals surface area contributed by atoms with Gasteiger partial charge >= 0.3 is 5.97 Å². The summed E-state index contributed by atoms with van der Waals surface area (Å²) in [5.41, 5.74) is 5.36. The Hall–Kier alpha value is -0.610. The van der Waals surface area contributed by atoms with Gasteiger partial charge in [-0.1, -0.05) is 0 Å². The highest BCUT2D eigenvalue weighted by atomic mass is 16.4. The number of rotatable bonds is 2. The molecule has 1 aliphatic rings. The maximum Gasteiger partial charge on any atom is 0.320 e. The van der Waals surface area contributed by atoms with E-state index in [9.17, 15) is 4.79 Å². The summed E-state index contributed by atoms with van der Waals surface area (Å²) >= 11 is 0. The van der Waals surface area contributed by atoms with Gasteiger partial charge in [0.05, 0.1) is 0 Å². The highest BCUT2D eigenvalue weighted by Gasteiger charge is 2.27. The van der Waals surface area contributed by atoms with Crippen LogP contribution in [0.1, 0.15) is 6.42 Å². The molecule has 1 heterocycles. The fourth-order valence-electron chi connectivity index (χ4n) is 1.18. The zero-order valence-electron chi connectivity index (χ0n) is 5.71. The number of nitrogens with one attached hydrogen (secondary N) is 1. The maximum absolute atomic E-state index is 10.4. The smallest absolute Gasteiger partial charge is 0.320 e. The van der Waals surface area contributed by atoms with Gasteiger partial charge < -0.3 is 16.2 Å². The molecule has 0 radical (unpaired) electrons. The van der Waals surface area contributed by atoms with Crippen molar-refractivity contribution in [1.82, 2.24) is 5.32 Å². The van der Waals surface area contributed by atoms with Gasteiger partial charge in [-0.2, -0.15) is 0 Å². The summed E-state index contributed by atoms with van der Waals surface area (Å²) < 4.78 is 0. The van der Waals surface area contributed by atoms with Gasteiger partial charge in [-0.15, -0.1) is 0 Å². The molecule has 0 aliphatic carbocycles. The second-order valence-electron chi connectivity index (χ2n) is 2.64. The lowest BCUT2D eigenvalue weighted by molar-refractivity contribution is -0.139. The summed E-state index contributed by atoms with van der Waals surface area (Å²) in [6.07, 6.45) is 0.672. The van der Waals surface area contributed by atoms with Crippen LogP contribution in [0, 0.1) is 5.92 Å². The average Bonchev–Trinajstić information content (AvgIpc) is 2.34. The molecule has 2 atom stereocenters. The fourth-order valence-corrected chi connectivity index (χ4v) is 1.18. The number of aliphatic carboxylic acids is 1. The van der Waals surface area contributed by atoms with Crippen LogP contribution in [-0.4, -0.2) is 30.2 Å². The van der Waals surface area contributed by atoms with E-state index >= 15 is 0 Å². The first-order valence-electron chi connectivity index (χ1n) is 3.40. The molecule has 0 aromatic heterocycles. The van der Waals surface area contributed by atoms with Crippen LogP contribution in [0.15, 0.2) is 0 Å². The number of hydrogen-bond donors (Lipinski definition) is 3. The quantitative estimate of drug-likeness (QED) is 0.465. The van der Waals surface area contributed by atoms with Crippen molar-refractivity contribution < 1.29 is 9.90 Å². The third kappa shape index (κ3) is 1.46. The predicted octanol–water partition coefficient (Wildman–Crippen LogP) is -0.992. The molecule has 0 bridgehead atoms. The van der Waals surface area contributed by atoms with Gasteiger partial charge in [0.1, 0.15) is 6.04 Å². The lowest BCUT2D eigenvalue weighted by Gasteiger charge is -2.02. The first-order chi connectivity index (χ1) is 4.74. The Morgan fingerprint density at radius 2 is 2.50 bits per heavy atom. The second-order valence-corrected chi connectivity index (χ2v) is 2.64. The summed E-state index contributed by atoms with van der Waals surface area (Å²) in [4.78, 5) is 10.4. The van der Waals surface area contributed by atoms with Crippen LogP contribution >= 0.6 is 0 Å². The van der Waals surface area contributed by atoms with Crippen LogP contribution in [0.25, 0.3) is 0 Å². The molecule has 1 aliphatic heterocycles. The third-order valence-corrected chi connectivity index (χ3v) is 1.85. The molecule has 1 fully saturated rings. The Morgan fingerprint density at radius 3 is 2.80 bits per heavy atom. The minimum Gasteiger partial charge on any atom is -0.480 e. The molecule has 0 saturated carbocycles. The molecule has 4 nitrogen and oxygen atoms in total. The monoisotopic (exact) mass is 144 g/mol. The Morgan fingerprint density at radius 1 is 1.80 bits per heavy atom. The Kier molecular flexibility index (Phi) is 2.24. The largest absolute Gasteiger partial charge is 0.480 e. The minimum absolute atomic E-state index is 0.348. The van der Waals surface area contributed by atoms with E-state index in [0.717, 1.165) is 6.54 Å². The SMILES string of the molecule is NC[C@@H]1CN[C@@H](C(=O)O)C1. The van der Waals surface area contributed by atoms with E-state index in [1.165, 1.54) is 0 Å². The van der Waals surface area contributed by atoms with Crippen molar-refractivity contribution in [1.29, 1.82) is 0 Å². The zero-order valence-corrected chi connectivity index (χ0v) is 5.71. The van der Waals surface area contributed by atoms with Crippen LogP contribution in [0.4, 0.5) is 0 Å². The van der Waals surface area contributed by atoms with Gasteiger partial charge in [0.15, 0.2) is 0 Å². The van der Waals surface area contributed by atoms with E-state index in [1.807, 2.05) is 0 Å². The molecule has 1 saturated heterocycles. The van der Waals surface area contributed by atoms with Crippen LogP contribution in [0.5, 0.6) is 0 Å². The summed E-state index contributed by atoms with van der Waals surface area (Å²) in [5, 5.41) is 11.4. The molecule has 0 aromatic rings. The van der Waals surface area contributed by atoms with E-state index in [1.54, 1.807) is 0 Å². The lowest BCUT2D eigenvalue weighted by atomic mass is 10.1. The number of nitrogens with two attached hydrogens (primary N) is 1. The molecular weight excluding hydrogens is 132 g/mol. The molecule has 0 unspecified atom stereocenters. The van der Waals surface area contributed by atoms with Gasteiger partial charge in [-0.3, -0.25) is 4.79 Å². The molecular formula is C6H12N2O2. The van der Waals surface area contributed by atoms with Crippen molar-refractivity contribution in [2.75, 3.05) is 13.1 Å². The molecule has 0 spiro atoms. The van der Waals surface area contributed by atoms with Crippen molar-refractivity contribution in [3.63, 3.8) is 0 Å². The molecule has 0 aromatic carbocycles. The first-order valence-corrected chi connectivity index (χ1v) is 3.40. The molecule has 1 rings (SSSR count). The lowest BCUT2D eigenvalue weighted by Crippen LogP contribution is -2.29. The minimum atomic E-state index is -0.768. The highest BCUT2D eigenvalue weighted by Crippen LogP contribution is 2.11. The molecule has 0 amide bonds. The Balaban J connectivity index is 2.35. The van der Waals surface area contributed by atoms with Gasteiger partial charge in [-0.05, 0) is 18.9 Å². The van der Waals surface area contributed by atoms with E-state index in [2.05, 4.69) is 5.32 Å². The summed E-state index contributed by atoms with van der Waals surface area (Å²) in [6.45, 7) is 1.32. The fraction of sp³-hybridized carbons (Fsp3) is 0.833. The Labute approximate surface area is 59.4 Å². The van der Waals surface area contributed by atoms with Crippen molar-refractivity contribution in [2.45, 2.75) is 12.5 Å². The van der Waals surface area contributed by atoms with E-state index < -0.39 is 5.97 Å². The van der Waals surface area contributed by atoms with Crippen molar-refractivity contribution in [3.05, 3.63) is 0 Å². The zero-order chi connectivity index (χ0) is 7.56.